The second-order valence-electron chi connectivity index (χ2n) is 6.69. The van der Waals surface area contributed by atoms with Gasteiger partial charge in [-0.1, -0.05) is 60.3 Å². The molecule has 0 aliphatic rings. The van der Waals surface area contributed by atoms with E-state index in [0.29, 0.717) is 11.6 Å². The second-order valence-corrected chi connectivity index (χ2v) is 7.64. The summed E-state index contributed by atoms with van der Waals surface area (Å²) in [5.74, 6) is -1.10. The molecule has 1 amide bonds. The highest BCUT2D eigenvalue weighted by Gasteiger charge is 2.17. The largest absolute Gasteiger partial charge is 0.323 e. The minimum Gasteiger partial charge on any atom is -0.323 e. The van der Waals surface area contributed by atoms with Gasteiger partial charge in [-0.3, -0.25) is 9.36 Å². The predicted molar refractivity (Wildman–Crippen MR) is 116 cm³/mol. The Balaban J connectivity index is 1.54. The molecule has 0 atom stereocenters. The highest BCUT2D eigenvalue weighted by Crippen LogP contribution is 2.24. The van der Waals surface area contributed by atoms with E-state index in [1.54, 1.807) is 0 Å². The third-order valence-electron chi connectivity index (χ3n) is 4.45. The number of amides is 1. The summed E-state index contributed by atoms with van der Waals surface area (Å²) in [5.41, 5.74) is 1.76. The zero-order valence-corrected chi connectivity index (χ0v) is 17.2. The van der Waals surface area contributed by atoms with Gasteiger partial charge in [-0.2, -0.15) is 0 Å². The summed E-state index contributed by atoms with van der Waals surface area (Å²) in [5, 5.41) is 11.5. The Bertz CT molecular complexity index is 1180. The van der Waals surface area contributed by atoms with Gasteiger partial charge in [-0.25, -0.2) is 8.78 Å². The zero-order valence-electron chi connectivity index (χ0n) is 16.3. The fourth-order valence-electron chi connectivity index (χ4n) is 3.03. The van der Waals surface area contributed by atoms with Gasteiger partial charge in [0.2, 0.25) is 5.91 Å². The van der Waals surface area contributed by atoms with E-state index in [2.05, 4.69) is 15.5 Å². The minimum absolute atomic E-state index is 0.0355. The SMILES string of the molecule is O=C(CSc1nnc(Cc2ccccc2)n1-c1ccccc1)Nc1cc(F)ccc1F. The molecule has 8 heteroatoms. The Morgan fingerprint density at radius 1 is 0.935 bits per heavy atom. The van der Waals surface area contributed by atoms with Gasteiger partial charge >= 0.3 is 0 Å². The average Bonchev–Trinajstić information content (AvgIpc) is 3.18. The summed E-state index contributed by atoms with van der Waals surface area (Å²) >= 11 is 1.17. The van der Waals surface area contributed by atoms with Crippen LogP contribution in [0.15, 0.2) is 84.0 Å². The summed E-state index contributed by atoms with van der Waals surface area (Å²) in [7, 11) is 0. The van der Waals surface area contributed by atoms with Crippen molar-refractivity contribution in [2.24, 2.45) is 0 Å². The molecular weight excluding hydrogens is 418 g/mol. The molecule has 0 saturated heterocycles. The lowest BCUT2D eigenvalue weighted by Gasteiger charge is -2.11. The molecule has 0 spiro atoms. The predicted octanol–water partition coefficient (Wildman–Crippen LogP) is 4.87. The standard InChI is InChI=1S/C23H18F2N4OS/c24-17-11-12-19(25)20(14-17)26-22(30)15-31-23-28-27-21(13-16-7-3-1-4-8-16)29(23)18-9-5-2-6-10-18/h1-12,14H,13,15H2,(H,26,30). The fourth-order valence-corrected chi connectivity index (χ4v) is 3.80. The summed E-state index contributed by atoms with van der Waals surface area (Å²) in [6, 6.07) is 22.4. The molecular formula is C23H18F2N4OS. The first kappa shape index (κ1) is 20.7. The van der Waals surface area contributed by atoms with E-state index < -0.39 is 17.5 Å². The Labute approximate surface area is 182 Å². The molecule has 1 heterocycles. The number of aromatic nitrogens is 3. The summed E-state index contributed by atoms with van der Waals surface area (Å²) in [6.45, 7) is 0. The first-order valence-corrected chi connectivity index (χ1v) is 10.5. The summed E-state index contributed by atoms with van der Waals surface area (Å²) in [6.07, 6.45) is 0.573. The van der Waals surface area contributed by atoms with Crippen LogP contribution in [0.5, 0.6) is 0 Å². The minimum atomic E-state index is -0.697. The van der Waals surface area contributed by atoms with Crippen LogP contribution < -0.4 is 5.32 Å². The molecule has 0 radical (unpaired) electrons. The van der Waals surface area contributed by atoms with Gasteiger partial charge in [-0.15, -0.1) is 10.2 Å². The van der Waals surface area contributed by atoms with Crippen LogP contribution in [0.4, 0.5) is 14.5 Å². The van der Waals surface area contributed by atoms with Crippen molar-refractivity contribution in [3.8, 4) is 5.69 Å². The van der Waals surface area contributed by atoms with Gasteiger partial charge in [-0.05, 0) is 29.8 Å². The summed E-state index contributed by atoms with van der Waals surface area (Å²) in [4.78, 5) is 12.3. The van der Waals surface area contributed by atoms with Crippen LogP contribution in [0.3, 0.4) is 0 Å². The van der Waals surface area contributed by atoms with Crippen molar-refractivity contribution in [3.05, 3.63) is 102 Å². The van der Waals surface area contributed by atoms with Crippen LogP contribution in [0.25, 0.3) is 5.69 Å². The molecule has 31 heavy (non-hydrogen) atoms. The number of carbonyl (C=O) groups excluding carboxylic acids is 1. The molecule has 5 nitrogen and oxygen atoms in total. The third-order valence-corrected chi connectivity index (χ3v) is 5.38. The molecule has 0 unspecified atom stereocenters. The van der Waals surface area contributed by atoms with Crippen molar-refractivity contribution in [1.82, 2.24) is 14.8 Å². The molecule has 3 aromatic carbocycles. The molecule has 0 bridgehead atoms. The maximum absolute atomic E-state index is 13.8. The van der Waals surface area contributed by atoms with Gasteiger partial charge in [0.05, 0.1) is 11.4 Å². The van der Waals surface area contributed by atoms with E-state index in [1.807, 2.05) is 65.2 Å². The number of nitrogens with one attached hydrogen (secondary N) is 1. The lowest BCUT2D eigenvalue weighted by molar-refractivity contribution is -0.113. The van der Waals surface area contributed by atoms with Crippen molar-refractivity contribution in [3.63, 3.8) is 0 Å². The number of rotatable bonds is 7. The van der Waals surface area contributed by atoms with E-state index in [-0.39, 0.29) is 11.4 Å². The number of thioether (sulfide) groups is 1. The number of anilines is 1. The molecule has 0 saturated carbocycles. The maximum atomic E-state index is 13.8. The summed E-state index contributed by atoms with van der Waals surface area (Å²) < 4.78 is 29.0. The van der Waals surface area contributed by atoms with E-state index in [9.17, 15) is 13.6 Å². The van der Waals surface area contributed by atoms with Crippen molar-refractivity contribution in [2.45, 2.75) is 11.6 Å². The topological polar surface area (TPSA) is 59.8 Å². The Hall–Kier alpha value is -3.52. The number of carbonyl (C=O) groups is 1. The molecule has 1 N–H and O–H groups in total. The average molecular weight is 436 g/mol. The van der Waals surface area contributed by atoms with E-state index in [4.69, 9.17) is 0 Å². The number of para-hydroxylation sites is 1. The molecule has 4 aromatic rings. The fraction of sp³-hybridized carbons (Fsp3) is 0.0870. The molecule has 1 aromatic heterocycles. The van der Waals surface area contributed by atoms with Crippen molar-refractivity contribution in [1.29, 1.82) is 0 Å². The normalized spacial score (nSPS) is 10.8. The lowest BCUT2D eigenvalue weighted by atomic mass is 10.1. The van der Waals surface area contributed by atoms with Crippen LogP contribution in [0.1, 0.15) is 11.4 Å². The molecule has 0 fully saturated rings. The van der Waals surface area contributed by atoms with E-state index >= 15 is 0 Å². The lowest BCUT2D eigenvalue weighted by Crippen LogP contribution is -2.16. The van der Waals surface area contributed by atoms with Crippen LogP contribution in [-0.4, -0.2) is 26.4 Å². The molecule has 0 aliphatic carbocycles. The first-order chi connectivity index (χ1) is 15.1. The van der Waals surface area contributed by atoms with E-state index in [1.165, 1.54) is 11.8 Å². The zero-order chi connectivity index (χ0) is 21.6. The molecule has 0 aliphatic heterocycles. The maximum Gasteiger partial charge on any atom is 0.234 e. The number of hydrogen-bond acceptors (Lipinski definition) is 4. The number of benzene rings is 3. The number of nitrogens with zero attached hydrogens (tertiary/aromatic N) is 3. The Morgan fingerprint density at radius 2 is 1.65 bits per heavy atom. The van der Waals surface area contributed by atoms with Crippen LogP contribution in [-0.2, 0) is 11.2 Å². The number of hydrogen-bond donors (Lipinski definition) is 1. The number of halogens is 2. The van der Waals surface area contributed by atoms with E-state index in [0.717, 1.165) is 35.3 Å². The van der Waals surface area contributed by atoms with Gasteiger partial charge < -0.3 is 5.32 Å². The Kier molecular flexibility index (Phi) is 6.37. The molecule has 4 rings (SSSR count). The van der Waals surface area contributed by atoms with Crippen molar-refractivity contribution >= 4 is 23.4 Å². The van der Waals surface area contributed by atoms with Crippen LogP contribution >= 0.6 is 11.8 Å². The van der Waals surface area contributed by atoms with Crippen LogP contribution in [0.2, 0.25) is 0 Å². The third kappa shape index (κ3) is 5.16. The Morgan fingerprint density at radius 3 is 2.39 bits per heavy atom. The smallest absolute Gasteiger partial charge is 0.234 e. The van der Waals surface area contributed by atoms with Gasteiger partial charge in [0.25, 0.3) is 0 Å². The van der Waals surface area contributed by atoms with Crippen molar-refractivity contribution in [2.75, 3.05) is 11.1 Å². The van der Waals surface area contributed by atoms with Crippen molar-refractivity contribution < 1.29 is 13.6 Å². The van der Waals surface area contributed by atoms with Crippen LogP contribution in [0, 0.1) is 11.6 Å². The monoisotopic (exact) mass is 436 g/mol. The highest BCUT2D eigenvalue weighted by atomic mass is 32.2. The molecule has 156 valence electrons. The highest BCUT2D eigenvalue weighted by molar-refractivity contribution is 7.99. The second kappa shape index (κ2) is 9.53. The quantitative estimate of drug-likeness (QED) is 0.420. The van der Waals surface area contributed by atoms with Gasteiger partial charge in [0, 0.05) is 18.2 Å². The van der Waals surface area contributed by atoms with Gasteiger partial charge in [0.1, 0.15) is 17.5 Å². The van der Waals surface area contributed by atoms with Gasteiger partial charge in [0.15, 0.2) is 5.16 Å². The first-order valence-electron chi connectivity index (χ1n) is 9.51.